The van der Waals surface area contributed by atoms with Gasteiger partial charge in [-0.15, -0.1) is 0 Å². The summed E-state index contributed by atoms with van der Waals surface area (Å²) in [6.45, 7) is 3.59. The zero-order chi connectivity index (χ0) is 16.2. The number of anilines is 2. The Morgan fingerprint density at radius 3 is 2.65 bits per heavy atom. The standard InChI is InChI=1S/C16H21N3O4/c1-17-15(20)14-11-19(16(21)23-14)13-5-3-12(4-6-13)18-7-2-9-22-10-8-18/h3-6,14H,2,7-11H2,1H3,(H,17,20)/t14-/m1/s1. The molecule has 2 amide bonds. The van der Waals surface area contributed by atoms with Gasteiger partial charge in [-0.3, -0.25) is 9.69 Å². The third-order valence-corrected chi connectivity index (χ3v) is 4.10. The number of cyclic esters (lactones) is 1. The SMILES string of the molecule is CNC(=O)[C@H]1CN(c2ccc(N3CCCOCC3)cc2)C(=O)O1. The van der Waals surface area contributed by atoms with Crippen molar-refractivity contribution in [2.75, 3.05) is 49.7 Å². The molecule has 0 spiro atoms. The van der Waals surface area contributed by atoms with Crippen LogP contribution in [-0.2, 0) is 14.3 Å². The molecule has 2 aliphatic rings. The lowest BCUT2D eigenvalue weighted by atomic mass is 10.2. The zero-order valence-corrected chi connectivity index (χ0v) is 13.2. The largest absolute Gasteiger partial charge is 0.434 e. The van der Waals surface area contributed by atoms with Crippen molar-refractivity contribution in [2.24, 2.45) is 0 Å². The van der Waals surface area contributed by atoms with Gasteiger partial charge in [-0.25, -0.2) is 4.79 Å². The molecule has 1 atom stereocenters. The average Bonchev–Trinajstić information content (AvgIpc) is 2.79. The average molecular weight is 319 g/mol. The Kier molecular flexibility index (Phi) is 4.66. The maximum absolute atomic E-state index is 11.9. The van der Waals surface area contributed by atoms with Crippen molar-refractivity contribution in [2.45, 2.75) is 12.5 Å². The number of nitrogens with zero attached hydrogens (tertiary/aromatic N) is 2. The molecule has 2 aliphatic heterocycles. The van der Waals surface area contributed by atoms with E-state index in [0.717, 1.165) is 44.1 Å². The lowest BCUT2D eigenvalue weighted by Crippen LogP contribution is -2.35. The summed E-state index contributed by atoms with van der Waals surface area (Å²) in [6.07, 6.45) is -0.238. The maximum Gasteiger partial charge on any atom is 0.415 e. The number of ether oxygens (including phenoxy) is 2. The molecule has 7 heteroatoms. The first-order valence-electron chi connectivity index (χ1n) is 7.81. The number of benzene rings is 1. The minimum Gasteiger partial charge on any atom is -0.434 e. The summed E-state index contributed by atoms with van der Waals surface area (Å²) in [5.41, 5.74) is 1.84. The van der Waals surface area contributed by atoms with Crippen LogP contribution in [0.4, 0.5) is 16.2 Å². The van der Waals surface area contributed by atoms with Gasteiger partial charge in [-0.2, -0.15) is 0 Å². The lowest BCUT2D eigenvalue weighted by molar-refractivity contribution is -0.127. The molecular weight excluding hydrogens is 298 g/mol. The molecule has 0 bridgehead atoms. The second-order valence-corrected chi connectivity index (χ2v) is 5.57. The third kappa shape index (κ3) is 3.39. The van der Waals surface area contributed by atoms with Crippen LogP contribution in [0.3, 0.4) is 0 Å². The second-order valence-electron chi connectivity index (χ2n) is 5.57. The van der Waals surface area contributed by atoms with Crippen molar-refractivity contribution in [1.82, 2.24) is 5.32 Å². The van der Waals surface area contributed by atoms with Crippen molar-refractivity contribution in [3.63, 3.8) is 0 Å². The van der Waals surface area contributed by atoms with Crippen LogP contribution in [-0.4, -0.2) is 58.0 Å². The van der Waals surface area contributed by atoms with E-state index in [0.29, 0.717) is 0 Å². The molecule has 2 saturated heterocycles. The smallest absolute Gasteiger partial charge is 0.415 e. The Balaban J connectivity index is 1.69. The van der Waals surface area contributed by atoms with Gasteiger partial charge in [0.2, 0.25) is 0 Å². The summed E-state index contributed by atoms with van der Waals surface area (Å²) in [4.78, 5) is 27.3. The first kappa shape index (κ1) is 15.6. The van der Waals surface area contributed by atoms with Crippen LogP contribution in [0.15, 0.2) is 24.3 Å². The Labute approximate surface area is 135 Å². The molecule has 0 aliphatic carbocycles. The van der Waals surface area contributed by atoms with E-state index in [2.05, 4.69) is 10.2 Å². The molecule has 1 N–H and O–H groups in total. The molecule has 2 fully saturated rings. The fourth-order valence-electron chi connectivity index (χ4n) is 2.82. The highest BCUT2D eigenvalue weighted by atomic mass is 16.6. The van der Waals surface area contributed by atoms with Crippen LogP contribution >= 0.6 is 0 Å². The van der Waals surface area contributed by atoms with Gasteiger partial charge in [0.25, 0.3) is 5.91 Å². The summed E-state index contributed by atoms with van der Waals surface area (Å²) >= 11 is 0. The topological polar surface area (TPSA) is 71.1 Å². The Morgan fingerprint density at radius 1 is 1.17 bits per heavy atom. The number of hydrogen-bond donors (Lipinski definition) is 1. The number of rotatable bonds is 3. The van der Waals surface area contributed by atoms with E-state index in [4.69, 9.17) is 9.47 Å². The highest BCUT2D eigenvalue weighted by Crippen LogP contribution is 2.25. The zero-order valence-electron chi connectivity index (χ0n) is 13.2. The molecule has 23 heavy (non-hydrogen) atoms. The first-order chi connectivity index (χ1) is 11.2. The van der Waals surface area contributed by atoms with E-state index in [1.807, 2.05) is 24.3 Å². The van der Waals surface area contributed by atoms with E-state index in [-0.39, 0.29) is 12.5 Å². The molecule has 124 valence electrons. The van der Waals surface area contributed by atoms with Gasteiger partial charge in [0, 0.05) is 38.1 Å². The van der Waals surface area contributed by atoms with Crippen LogP contribution in [0, 0.1) is 0 Å². The lowest BCUT2D eigenvalue weighted by Gasteiger charge is -2.22. The summed E-state index contributed by atoms with van der Waals surface area (Å²) in [5.74, 6) is -0.290. The van der Waals surface area contributed by atoms with Gasteiger partial charge in [-0.05, 0) is 30.7 Å². The van der Waals surface area contributed by atoms with Gasteiger partial charge >= 0.3 is 6.09 Å². The summed E-state index contributed by atoms with van der Waals surface area (Å²) in [7, 11) is 1.53. The number of amides is 2. The summed E-state index contributed by atoms with van der Waals surface area (Å²) < 4.78 is 10.6. The van der Waals surface area contributed by atoms with E-state index in [9.17, 15) is 9.59 Å². The van der Waals surface area contributed by atoms with Crippen molar-refractivity contribution >= 4 is 23.4 Å². The second kappa shape index (κ2) is 6.87. The fraction of sp³-hybridized carbons (Fsp3) is 0.500. The number of likely N-dealkylation sites (N-methyl/N-ethyl adjacent to an activating group) is 1. The molecule has 1 aromatic carbocycles. The number of carbonyl (C=O) groups excluding carboxylic acids is 2. The first-order valence-corrected chi connectivity index (χ1v) is 7.81. The maximum atomic E-state index is 11.9. The van der Waals surface area contributed by atoms with Crippen LogP contribution in [0.25, 0.3) is 0 Å². The highest BCUT2D eigenvalue weighted by molar-refractivity contribution is 5.95. The van der Waals surface area contributed by atoms with E-state index < -0.39 is 12.2 Å². The normalized spacial score (nSPS) is 21.8. The van der Waals surface area contributed by atoms with E-state index in [1.54, 1.807) is 0 Å². The fourth-order valence-corrected chi connectivity index (χ4v) is 2.82. The van der Waals surface area contributed by atoms with Crippen molar-refractivity contribution < 1.29 is 19.1 Å². The van der Waals surface area contributed by atoms with Gasteiger partial charge in [0.05, 0.1) is 13.2 Å². The molecule has 0 aromatic heterocycles. The molecule has 0 unspecified atom stereocenters. The molecule has 0 radical (unpaired) electrons. The molecule has 7 nitrogen and oxygen atoms in total. The van der Waals surface area contributed by atoms with Crippen LogP contribution in [0.5, 0.6) is 0 Å². The van der Waals surface area contributed by atoms with Crippen LogP contribution < -0.4 is 15.1 Å². The minimum absolute atomic E-state index is 0.232. The Hall–Kier alpha value is -2.28. The highest BCUT2D eigenvalue weighted by Gasteiger charge is 2.36. The van der Waals surface area contributed by atoms with Crippen molar-refractivity contribution in [3.8, 4) is 0 Å². The molecule has 0 saturated carbocycles. The van der Waals surface area contributed by atoms with Crippen molar-refractivity contribution in [1.29, 1.82) is 0 Å². The molecule has 1 aromatic rings. The van der Waals surface area contributed by atoms with E-state index >= 15 is 0 Å². The monoisotopic (exact) mass is 319 g/mol. The van der Waals surface area contributed by atoms with Crippen molar-refractivity contribution in [3.05, 3.63) is 24.3 Å². The molecule has 3 rings (SSSR count). The predicted octanol–water partition coefficient (Wildman–Crippen LogP) is 0.984. The van der Waals surface area contributed by atoms with E-state index in [1.165, 1.54) is 11.9 Å². The molecular formula is C16H21N3O4. The van der Waals surface area contributed by atoms with Crippen LogP contribution in [0.1, 0.15) is 6.42 Å². The Bertz CT molecular complexity index is 567. The van der Waals surface area contributed by atoms with Crippen LogP contribution in [0.2, 0.25) is 0 Å². The van der Waals surface area contributed by atoms with Gasteiger partial charge < -0.3 is 19.7 Å². The summed E-state index contributed by atoms with van der Waals surface area (Å²) in [5, 5.41) is 2.50. The van der Waals surface area contributed by atoms with Gasteiger partial charge in [0.1, 0.15) is 0 Å². The van der Waals surface area contributed by atoms with Gasteiger partial charge in [0.15, 0.2) is 6.10 Å². The third-order valence-electron chi connectivity index (χ3n) is 4.10. The molecule has 2 heterocycles. The van der Waals surface area contributed by atoms with Gasteiger partial charge in [-0.1, -0.05) is 0 Å². The Morgan fingerprint density at radius 2 is 1.91 bits per heavy atom. The summed E-state index contributed by atoms with van der Waals surface area (Å²) in [6, 6.07) is 7.74. The quantitative estimate of drug-likeness (QED) is 0.899. The minimum atomic E-state index is -0.755. The number of carbonyl (C=O) groups is 2. The predicted molar refractivity (Wildman–Crippen MR) is 85.8 cm³/mol. The number of hydrogen-bond acceptors (Lipinski definition) is 5. The number of nitrogens with one attached hydrogen (secondary N) is 1.